The highest BCUT2D eigenvalue weighted by Gasteiger charge is 2.52. The summed E-state index contributed by atoms with van der Waals surface area (Å²) < 4.78 is 24.9. The van der Waals surface area contributed by atoms with Crippen molar-refractivity contribution in [1.82, 2.24) is 0 Å². The molecule has 6 heteroatoms. The van der Waals surface area contributed by atoms with Crippen molar-refractivity contribution in [3.8, 4) is 0 Å². The van der Waals surface area contributed by atoms with Gasteiger partial charge in [0.15, 0.2) is 0 Å². The summed E-state index contributed by atoms with van der Waals surface area (Å²) in [6.45, 7) is 16.9. The molecule has 1 atom stereocenters. The van der Waals surface area contributed by atoms with Crippen molar-refractivity contribution in [2.24, 2.45) is 0 Å². The molecule has 29 heavy (non-hydrogen) atoms. The van der Waals surface area contributed by atoms with Crippen LogP contribution < -0.4 is 0 Å². The maximum atomic E-state index is 6.28. The first kappa shape index (κ1) is 22.9. The van der Waals surface area contributed by atoms with Gasteiger partial charge in [-0.25, -0.2) is 0 Å². The maximum Gasteiger partial charge on any atom is 0.458 e. The van der Waals surface area contributed by atoms with E-state index in [2.05, 4.69) is 85.7 Å². The Balaban J connectivity index is 1.61. The molecule has 0 aromatic heterocycles. The van der Waals surface area contributed by atoms with Crippen LogP contribution in [-0.2, 0) is 18.6 Å². The standard InChI is InChI=1S/C23H38B2O4/c1-20(2)21(3,4)27-24(26-20)16-12-15-19(18-13-10-9-11-14-18)17-25-28-22(5,6)23(7,8)29-25/h9-11,13-14,19H,12,15-17H2,1-8H3. The zero-order chi connectivity index (χ0) is 21.5. The fraction of sp³-hybridized carbons (Fsp3) is 0.739. The van der Waals surface area contributed by atoms with Crippen molar-refractivity contribution in [2.45, 2.75) is 109 Å². The Morgan fingerprint density at radius 1 is 0.690 bits per heavy atom. The second-order valence-corrected chi connectivity index (χ2v) is 10.6. The largest absolute Gasteiger partial charge is 0.458 e. The maximum absolute atomic E-state index is 6.28. The third-order valence-corrected chi connectivity index (χ3v) is 7.34. The minimum Gasteiger partial charge on any atom is -0.403 e. The van der Waals surface area contributed by atoms with Crippen LogP contribution in [0.4, 0.5) is 0 Å². The second kappa shape index (κ2) is 8.03. The minimum absolute atomic E-state index is 0.131. The molecule has 0 amide bonds. The highest BCUT2D eigenvalue weighted by Crippen LogP contribution is 2.41. The molecule has 160 valence electrons. The molecule has 2 heterocycles. The number of benzene rings is 1. The average molecular weight is 400 g/mol. The Morgan fingerprint density at radius 2 is 1.14 bits per heavy atom. The molecule has 1 aromatic rings. The lowest BCUT2D eigenvalue weighted by molar-refractivity contribution is 0.00578. The lowest BCUT2D eigenvalue weighted by atomic mass is 9.71. The van der Waals surface area contributed by atoms with Crippen molar-refractivity contribution in [3.63, 3.8) is 0 Å². The van der Waals surface area contributed by atoms with Crippen molar-refractivity contribution < 1.29 is 18.6 Å². The molecule has 2 aliphatic rings. The summed E-state index contributed by atoms with van der Waals surface area (Å²) >= 11 is 0. The topological polar surface area (TPSA) is 36.9 Å². The van der Waals surface area contributed by atoms with E-state index in [0.717, 1.165) is 25.5 Å². The minimum atomic E-state index is -0.290. The first-order valence-corrected chi connectivity index (χ1v) is 11.1. The van der Waals surface area contributed by atoms with Crippen LogP contribution in [0.15, 0.2) is 30.3 Å². The molecule has 0 saturated carbocycles. The molecule has 0 spiro atoms. The fourth-order valence-electron chi connectivity index (χ4n) is 4.05. The van der Waals surface area contributed by atoms with Gasteiger partial charge in [-0.05, 0) is 85.9 Å². The summed E-state index contributed by atoms with van der Waals surface area (Å²) in [6.07, 6.45) is 3.86. The molecular weight excluding hydrogens is 362 g/mol. The first-order valence-electron chi connectivity index (χ1n) is 11.1. The summed E-state index contributed by atoms with van der Waals surface area (Å²) in [5.74, 6) is 0.383. The predicted molar refractivity (Wildman–Crippen MR) is 120 cm³/mol. The quantitative estimate of drug-likeness (QED) is 0.548. The summed E-state index contributed by atoms with van der Waals surface area (Å²) in [5.41, 5.74) is 0.234. The molecule has 1 aromatic carbocycles. The van der Waals surface area contributed by atoms with E-state index in [1.807, 2.05) is 0 Å². The van der Waals surface area contributed by atoms with Gasteiger partial charge in [-0.1, -0.05) is 36.8 Å². The van der Waals surface area contributed by atoms with Gasteiger partial charge in [0.1, 0.15) is 0 Å². The Hall–Kier alpha value is -0.810. The summed E-state index contributed by atoms with van der Waals surface area (Å²) in [4.78, 5) is 0. The van der Waals surface area contributed by atoms with Crippen LogP contribution >= 0.6 is 0 Å². The van der Waals surface area contributed by atoms with Crippen molar-refractivity contribution in [1.29, 1.82) is 0 Å². The normalized spacial score (nSPS) is 25.4. The van der Waals surface area contributed by atoms with Crippen LogP contribution in [0.2, 0.25) is 12.6 Å². The SMILES string of the molecule is CC1(C)OB(CCCC(CB2OC(C)(C)C(C)(C)O2)c2ccccc2)OC1(C)C. The van der Waals surface area contributed by atoms with E-state index in [-0.39, 0.29) is 36.6 Å². The summed E-state index contributed by atoms with van der Waals surface area (Å²) in [5, 5.41) is 0. The van der Waals surface area contributed by atoms with Crippen LogP contribution in [0.1, 0.15) is 79.7 Å². The van der Waals surface area contributed by atoms with E-state index in [1.165, 1.54) is 5.56 Å². The van der Waals surface area contributed by atoms with Crippen molar-refractivity contribution in [3.05, 3.63) is 35.9 Å². The number of hydrogen-bond acceptors (Lipinski definition) is 4. The van der Waals surface area contributed by atoms with E-state index >= 15 is 0 Å². The molecule has 2 saturated heterocycles. The van der Waals surface area contributed by atoms with Gasteiger partial charge in [0, 0.05) is 0 Å². The van der Waals surface area contributed by atoms with Crippen LogP contribution in [-0.4, -0.2) is 36.6 Å². The molecule has 0 radical (unpaired) electrons. The molecule has 3 rings (SSSR count). The van der Waals surface area contributed by atoms with Gasteiger partial charge < -0.3 is 18.6 Å². The number of rotatable bonds is 7. The molecule has 4 nitrogen and oxygen atoms in total. The van der Waals surface area contributed by atoms with Gasteiger partial charge in [-0.3, -0.25) is 0 Å². The fourth-order valence-corrected chi connectivity index (χ4v) is 4.05. The van der Waals surface area contributed by atoms with Crippen LogP contribution in [0, 0.1) is 0 Å². The Bertz CT molecular complexity index is 655. The Labute approximate surface area is 178 Å². The van der Waals surface area contributed by atoms with E-state index in [4.69, 9.17) is 18.6 Å². The van der Waals surface area contributed by atoms with Gasteiger partial charge in [0.05, 0.1) is 22.4 Å². The van der Waals surface area contributed by atoms with Gasteiger partial charge >= 0.3 is 14.2 Å². The zero-order valence-electron chi connectivity index (χ0n) is 19.6. The Morgan fingerprint density at radius 3 is 1.62 bits per heavy atom. The predicted octanol–water partition coefficient (Wildman–Crippen LogP) is 5.73. The highest BCUT2D eigenvalue weighted by molar-refractivity contribution is 6.46. The molecule has 0 N–H and O–H groups in total. The second-order valence-electron chi connectivity index (χ2n) is 10.6. The van der Waals surface area contributed by atoms with Crippen LogP contribution in [0.5, 0.6) is 0 Å². The summed E-state index contributed by atoms with van der Waals surface area (Å²) in [7, 11) is -0.310. The molecule has 2 aliphatic heterocycles. The number of hydrogen-bond donors (Lipinski definition) is 0. The first-order chi connectivity index (χ1) is 13.3. The molecular formula is C23H38B2O4. The molecule has 2 fully saturated rings. The van der Waals surface area contributed by atoms with Gasteiger partial charge in [-0.2, -0.15) is 0 Å². The van der Waals surface area contributed by atoms with Crippen molar-refractivity contribution >= 4 is 14.2 Å². The lowest BCUT2D eigenvalue weighted by Gasteiger charge is -2.32. The zero-order valence-corrected chi connectivity index (χ0v) is 19.6. The summed E-state index contributed by atoms with van der Waals surface area (Å²) in [6, 6.07) is 10.7. The molecule has 1 unspecified atom stereocenters. The smallest absolute Gasteiger partial charge is 0.403 e. The molecule has 0 aliphatic carbocycles. The van der Waals surface area contributed by atoms with Crippen LogP contribution in [0.25, 0.3) is 0 Å². The van der Waals surface area contributed by atoms with Crippen LogP contribution in [0.3, 0.4) is 0 Å². The molecule has 0 bridgehead atoms. The third kappa shape index (κ3) is 4.92. The highest BCUT2D eigenvalue weighted by atomic mass is 16.7. The Kier molecular flexibility index (Phi) is 6.33. The van der Waals surface area contributed by atoms with Gasteiger partial charge in [0.25, 0.3) is 0 Å². The van der Waals surface area contributed by atoms with E-state index in [0.29, 0.717) is 5.92 Å². The lowest BCUT2D eigenvalue weighted by Crippen LogP contribution is -2.41. The van der Waals surface area contributed by atoms with E-state index in [1.54, 1.807) is 0 Å². The van der Waals surface area contributed by atoms with Crippen molar-refractivity contribution in [2.75, 3.05) is 0 Å². The van der Waals surface area contributed by atoms with E-state index in [9.17, 15) is 0 Å². The van der Waals surface area contributed by atoms with E-state index < -0.39 is 0 Å². The monoisotopic (exact) mass is 400 g/mol. The average Bonchev–Trinajstić information content (AvgIpc) is 2.93. The van der Waals surface area contributed by atoms with Gasteiger partial charge in [-0.15, -0.1) is 0 Å². The van der Waals surface area contributed by atoms with Gasteiger partial charge in [0.2, 0.25) is 0 Å². The third-order valence-electron chi connectivity index (χ3n) is 7.34.